The van der Waals surface area contributed by atoms with Crippen LogP contribution in [0, 0.1) is 11.8 Å². The number of benzene rings is 1. The van der Waals surface area contributed by atoms with Gasteiger partial charge in [0.15, 0.2) is 23.0 Å². The summed E-state index contributed by atoms with van der Waals surface area (Å²) in [4.78, 5) is 28.9. The molecule has 11 heteroatoms. The predicted octanol–water partition coefficient (Wildman–Crippen LogP) is 4.60. The predicted molar refractivity (Wildman–Crippen MR) is 129 cm³/mol. The number of alkyl halides is 2. The fourth-order valence-corrected chi connectivity index (χ4v) is 4.45. The smallest absolute Gasteiger partial charge is 0.387 e. The maximum atomic E-state index is 13.1. The van der Waals surface area contributed by atoms with Crippen molar-refractivity contribution >= 4 is 11.9 Å². The van der Waals surface area contributed by atoms with E-state index in [9.17, 15) is 18.4 Å². The summed E-state index contributed by atoms with van der Waals surface area (Å²) in [5.41, 5.74) is 6.52. The minimum absolute atomic E-state index is 0.000255. The van der Waals surface area contributed by atoms with Crippen LogP contribution in [0.1, 0.15) is 74.7 Å². The van der Waals surface area contributed by atoms with Crippen LogP contribution in [0.4, 0.5) is 8.78 Å². The Hall–Kier alpha value is -3.21. The van der Waals surface area contributed by atoms with Crippen LogP contribution in [0.3, 0.4) is 0 Å². The molecule has 4 rings (SSSR count). The summed E-state index contributed by atoms with van der Waals surface area (Å²) >= 11 is 0. The molecule has 0 spiro atoms. The van der Waals surface area contributed by atoms with Gasteiger partial charge in [0.25, 0.3) is 5.91 Å². The second-order valence-electron chi connectivity index (χ2n) is 9.72. The van der Waals surface area contributed by atoms with Crippen molar-refractivity contribution in [2.75, 3.05) is 13.2 Å². The lowest BCUT2D eigenvalue weighted by Gasteiger charge is -2.30. The molecule has 202 valence electrons. The van der Waals surface area contributed by atoms with Gasteiger partial charge in [-0.05, 0) is 63.1 Å². The van der Waals surface area contributed by atoms with Crippen LogP contribution in [-0.2, 0) is 9.53 Å². The molecule has 37 heavy (non-hydrogen) atoms. The van der Waals surface area contributed by atoms with Gasteiger partial charge >= 0.3 is 12.6 Å². The zero-order valence-electron chi connectivity index (χ0n) is 21.0. The number of hydrogen-bond acceptors (Lipinski definition) is 8. The van der Waals surface area contributed by atoms with Crippen molar-refractivity contribution in [2.45, 2.75) is 71.1 Å². The molecule has 3 atom stereocenters. The largest absolute Gasteiger partial charge is 0.489 e. The first-order chi connectivity index (χ1) is 17.7. The minimum Gasteiger partial charge on any atom is -0.489 e. The Balaban J connectivity index is 1.52. The molecule has 1 amide bonds. The van der Waals surface area contributed by atoms with Crippen LogP contribution in [0.15, 0.2) is 22.6 Å². The van der Waals surface area contributed by atoms with E-state index in [0.717, 1.165) is 38.5 Å². The number of halogens is 2. The van der Waals surface area contributed by atoms with Gasteiger partial charge in [-0.1, -0.05) is 6.42 Å². The highest BCUT2D eigenvalue weighted by atomic mass is 19.3. The lowest BCUT2D eigenvalue weighted by molar-refractivity contribution is -0.150. The topological polar surface area (TPSA) is 126 Å². The average Bonchev–Trinajstić information content (AvgIpc) is 3.57. The lowest BCUT2D eigenvalue weighted by atomic mass is 9.86. The van der Waals surface area contributed by atoms with E-state index in [1.165, 1.54) is 25.1 Å². The standard InChI is InChI=1S/C26H33F2N3O6/c1-14(29)23-22(24(33)30-12-18-5-3-4-6-19(18)35-15(2)32)31-25(37-23)17-9-10-20(36-26(27)28)21(11-17)34-13-16-7-8-16/h9-11,14,16,18-19,26H,3-8,12-13,29H2,1-2H3,(H,30,33)/t14?,18-,19?/m0/s1. The van der Waals surface area contributed by atoms with Gasteiger partial charge in [-0.3, -0.25) is 9.59 Å². The van der Waals surface area contributed by atoms with Gasteiger partial charge in [0.1, 0.15) is 6.10 Å². The second kappa shape index (κ2) is 11.9. The number of esters is 1. The molecule has 9 nitrogen and oxygen atoms in total. The first-order valence-electron chi connectivity index (χ1n) is 12.6. The number of amides is 1. The van der Waals surface area contributed by atoms with Crippen LogP contribution < -0.4 is 20.5 Å². The number of aromatic nitrogens is 1. The first-order valence-corrected chi connectivity index (χ1v) is 12.6. The van der Waals surface area contributed by atoms with Crippen molar-refractivity contribution in [3.8, 4) is 23.0 Å². The van der Waals surface area contributed by atoms with Crippen molar-refractivity contribution in [1.82, 2.24) is 10.3 Å². The summed E-state index contributed by atoms with van der Waals surface area (Å²) in [7, 11) is 0. The van der Waals surface area contributed by atoms with Crippen molar-refractivity contribution in [3.63, 3.8) is 0 Å². The van der Waals surface area contributed by atoms with Gasteiger partial charge in [0.2, 0.25) is 5.89 Å². The maximum absolute atomic E-state index is 13.1. The third kappa shape index (κ3) is 7.18. The fraction of sp³-hybridized carbons (Fsp3) is 0.577. The van der Waals surface area contributed by atoms with E-state index in [4.69, 9.17) is 19.6 Å². The number of nitrogens with one attached hydrogen (secondary N) is 1. The van der Waals surface area contributed by atoms with Gasteiger partial charge in [0, 0.05) is 24.9 Å². The highest BCUT2D eigenvalue weighted by molar-refractivity contribution is 5.94. The van der Waals surface area contributed by atoms with E-state index < -0.39 is 18.6 Å². The van der Waals surface area contributed by atoms with E-state index in [1.54, 1.807) is 6.92 Å². The summed E-state index contributed by atoms with van der Waals surface area (Å²) < 4.78 is 47.4. The molecule has 2 fully saturated rings. The Bertz CT molecular complexity index is 1100. The summed E-state index contributed by atoms with van der Waals surface area (Å²) in [5.74, 6) is -0.0499. The first kappa shape index (κ1) is 26.8. The molecule has 2 unspecified atom stereocenters. The number of nitrogens with two attached hydrogens (primary N) is 1. The van der Waals surface area contributed by atoms with Gasteiger partial charge in [-0.25, -0.2) is 4.98 Å². The average molecular weight is 522 g/mol. The van der Waals surface area contributed by atoms with Crippen LogP contribution in [0.5, 0.6) is 11.5 Å². The number of hydrogen-bond donors (Lipinski definition) is 2. The highest BCUT2D eigenvalue weighted by Crippen LogP contribution is 2.37. The molecule has 2 aromatic rings. The quantitative estimate of drug-likeness (QED) is 0.411. The van der Waals surface area contributed by atoms with E-state index in [1.807, 2.05) is 0 Å². The van der Waals surface area contributed by atoms with Crippen LogP contribution in [0.2, 0.25) is 0 Å². The number of carbonyl (C=O) groups is 2. The molecule has 1 aromatic heterocycles. The molecule has 0 aliphatic heterocycles. The molecule has 0 radical (unpaired) electrons. The number of ether oxygens (including phenoxy) is 3. The Morgan fingerprint density at radius 3 is 2.62 bits per heavy atom. The number of carbonyl (C=O) groups excluding carboxylic acids is 2. The Kier molecular flexibility index (Phi) is 8.63. The lowest BCUT2D eigenvalue weighted by Crippen LogP contribution is -2.39. The zero-order chi connectivity index (χ0) is 26.5. The summed E-state index contributed by atoms with van der Waals surface area (Å²) in [6, 6.07) is 3.74. The second-order valence-corrected chi connectivity index (χ2v) is 9.72. The summed E-state index contributed by atoms with van der Waals surface area (Å²) in [6.45, 7) is 0.757. The molecule has 1 heterocycles. The number of rotatable bonds is 11. The van der Waals surface area contributed by atoms with Gasteiger partial charge in [0.05, 0.1) is 12.6 Å². The fourth-order valence-electron chi connectivity index (χ4n) is 4.45. The SMILES string of the molecule is CC(=O)OC1CCCC[C@H]1CNC(=O)c1nc(-c2ccc(OC(F)F)c(OCC3CC3)c2)oc1C(C)N. The third-order valence-corrected chi connectivity index (χ3v) is 6.54. The maximum Gasteiger partial charge on any atom is 0.387 e. The van der Waals surface area contributed by atoms with Crippen molar-refractivity contribution in [2.24, 2.45) is 17.6 Å². The molecule has 2 saturated carbocycles. The molecular weight excluding hydrogens is 488 g/mol. The Morgan fingerprint density at radius 1 is 1.19 bits per heavy atom. The van der Waals surface area contributed by atoms with Crippen molar-refractivity contribution < 1.29 is 37.0 Å². The Morgan fingerprint density at radius 2 is 1.95 bits per heavy atom. The molecule has 3 N–H and O–H groups in total. The van der Waals surface area contributed by atoms with Crippen LogP contribution in [-0.4, -0.2) is 42.7 Å². The van der Waals surface area contributed by atoms with Gasteiger partial charge in [-0.2, -0.15) is 8.78 Å². The van der Waals surface area contributed by atoms with Crippen LogP contribution in [0.25, 0.3) is 11.5 Å². The molecule has 0 bridgehead atoms. The van der Waals surface area contributed by atoms with Crippen molar-refractivity contribution in [1.29, 1.82) is 0 Å². The highest BCUT2D eigenvalue weighted by Gasteiger charge is 2.30. The van der Waals surface area contributed by atoms with E-state index >= 15 is 0 Å². The molecule has 2 aliphatic rings. The molecule has 1 aromatic carbocycles. The van der Waals surface area contributed by atoms with E-state index in [-0.39, 0.29) is 46.8 Å². The minimum atomic E-state index is -3.00. The monoisotopic (exact) mass is 521 g/mol. The van der Waals surface area contributed by atoms with Gasteiger partial charge in [-0.15, -0.1) is 0 Å². The summed E-state index contributed by atoms with van der Waals surface area (Å²) in [5, 5.41) is 2.88. The zero-order valence-corrected chi connectivity index (χ0v) is 21.0. The number of oxazole rings is 1. The molecular formula is C26H33F2N3O6. The van der Waals surface area contributed by atoms with Gasteiger partial charge < -0.3 is 29.7 Å². The molecule has 0 saturated heterocycles. The number of nitrogens with zero attached hydrogens (tertiary/aromatic N) is 1. The van der Waals surface area contributed by atoms with E-state index in [0.29, 0.717) is 24.6 Å². The summed E-state index contributed by atoms with van der Waals surface area (Å²) in [6.07, 6.45) is 5.38. The normalized spacial score (nSPS) is 20.4. The third-order valence-electron chi connectivity index (χ3n) is 6.54. The Labute approximate surface area is 214 Å². The van der Waals surface area contributed by atoms with Crippen molar-refractivity contribution in [3.05, 3.63) is 29.7 Å². The molecule has 2 aliphatic carbocycles. The van der Waals surface area contributed by atoms with Crippen LogP contribution >= 0.6 is 0 Å². The van der Waals surface area contributed by atoms with E-state index in [2.05, 4.69) is 15.0 Å².